The highest BCUT2D eigenvalue weighted by Crippen LogP contribution is 2.30. The zero-order chi connectivity index (χ0) is 18.7. The van der Waals surface area contributed by atoms with Crippen LogP contribution >= 0.6 is 11.6 Å². The van der Waals surface area contributed by atoms with E-state index in [0.717, 1.165) is 0 Å². The second-order valence-electron chi connectivity index (χ2n) is 5.62. The summed E-state index contributed by atoms with van der Waals surface area (Å²) in [5.74, 6) is -0.304. The Kier molecular flexibility index (Phi) is 5.14. The average Bonchev–Trinajstić information content (AvgIpc) is 2.63. The van der Waals surface area contributed by atoms with Gasteiger partial charge in [0.2, 0.25) is 0 Å². The van der Waals surface area contributed by atoms with Gasteiger partial charge < -0.3 is 10.4 Å². The number of nitrogens with zero attached hydrogens (tertiary/aromatic N) is 2. The number of pyridine rings is 2. The molecule has 0 saturated carbocycles. The smallest absolute Gasteiger partial charge is 0.257 e. The Labute approximate surface area is 154 Å². The number of carbonyl (C=O) groups is 1. The van der Waals surface area contributed by atoms with Gasteiger partial charge in [0.15, 0.2) is 0 Å². The molecule has 1 amide bonds. The summed E-state index contributed by atoms with van der Waals surface area (Å²) in [6.45, 7) is 0.977. The second kappa shape index (κ2) is 7.49. The van der Waals surface area contributed by atoms with Gasteiger partial charge in [-0.25, -0.2) is 4.39 Å². The summed E-state index contributed by atoms with van der Waals surface area (Å²) in [7, 11) is 0. The van der Waals surface area contributed by atoms with Crippen LogP contribution in [-0.2, 0) is 6.67 Å². The number of aromatic nitrogens is 2. The third-order valence-corrected chi connectivity index (χ3v) is 4.10. The number of rotatable bonds is 4. The van der Waals surface area contributed by atoms with Crippen molar-refractivity contribution in [2.45, 2.75) is 13.6 Å². The third-order valence-electron chi connectivity index (χ3n) is 3.77. The molecule has 132 valence electrons. The Bertz CT molecular complexity index is 961. The quantitative estimate of drug-likeness (QED) is 0.706. The van der Waals surface area contributed by atoms with Gasteiger partial charge >= 0.3 is 0 Å². The maximum atomic E-state index is 12.7. The molecule has 3 rings (SSSR count). The summed E-state index contributed by atoms with van der Waals surface area (Å²) in [4.78, 5) is 20.7. The first-order valence-electron chi connectivity index (χ1n) is 7.76. The first-order chi connectivity index (χ1) is 12.5. The van der Waals surface area contributed by atoms with Crippen LogP contribution in [0.15, 0.2) is 48.7 Å². The normalized spacial score (nSPS) is 10.6. The van der Waals surface area contributed by atoms with Crippen LogP contribution < -0.4 is 5.32 Å². The lowest BCUT2D eigenvalue weighted by atomic mass is 10.1. The van der Waals surface area contributed by atoms with Crippen LogP contribution in [-0.4, -0.2) is 21.0 Å². The van der Waals surface area contributed by atoms with E-state index < -0.39 is 6.67 Å². The number of amides is 1. The van der Waals surface area contributed by atoms with Crippen LogP contribution in [0, 0.1) is 6.92 Å². The lowest BCUT2D eigenvalue weighted by Crippen LogP contribution is -2.14. The van der Waals surface area contributed by atoms with Gasteiger partial charge in [0.05, 0.1) is 33.9 Å². The molecular formula is C19H15ClFN3O2. The van der Waals surface area contributed by atoms with Crippen molar-refractivity contribution in [1.82, 2.24) is 9.97 Å². The molecule has 1 aromatic carbocycles. The maximum absolute atomic E-state index is 12.7. The lowest BCUT2D eigenvalue weighted by Gasteiger charge is -2.10. The fourth-order valence-corrected chi connectivity index (χ4v) is 2.68. The van der Waals surface area contributed by atoms with Crippen molar-refractivity contribution in [3.05, 3.63) is 70.6 Å². The molecule has 26 heavy (non-hydrogen) atoms. The Morgan fingerprint density at radius 2 is 2.04 bits per heavy atom. The number of nitrogens with one attached hydrogen (secondary N) is 1. The van der Waals surface area contributed by atoms with E-state index in [0.29, 0.717) is 33.2 Å². The molecule has 0 spiro atoms. The fourth-order valence-electron chi connectivity index (χ4n) is 2.47. The van der Waals surface area contributed by atoms with Crippen molar-refractivity contribution in [3.63, 3.8) is 0 Å². The molecule has 0 aliphatic rings. The maximum Gasteiger partial charge on any atom is 0.257 e. The predicted molar refractivity (Wildman–Crippen MR) is 98.1 cm³/mol. The van der Waals surface area contributed by atoms with Crippen molar-refractivity contribution in [1.29, 1.82) is 0 Å². The van der Waals surface area contributed by atoms with E-state index in [1.165, 1.54) is 18.3 Å². The standard InChI is InChI=1S/C19H15ClFN3O2/c1-11-15(5-2-13(9-21)23-11)19(26)24-12-3-6-17(20)16(8-12)18-7-4-14(25)10-22-18/h2-8,10,25H,9H2,1H3,(H,24,26). The van der Waals surface area contributed by atoms with Gasteiger partial charge in [-0.15, -0.1) is 0 Å². The summed E-state index contributed by atoms with van der Waals surface area (Å²) < 4.78 is 12.7. The Hall–Kier alpha value is -2.99. The molecule has 5 nitrogen and oxygen atoms in total. The van der Waals surface area contributed by atoms with Crippen LogP contribution in [0.3, 0.4) is 0 Å². The highest BCUT2D eigenvalue weighted by molar-refractivity contribution is 6.33. The minimum absolute atomic E-state index is 0.0500. The molecule has 0 radical (unpaired) electrons. The average molecular weight is 372 g/mol. The van der Waals surface area contributed by atoms with E-state index in [1.54, 1.807) is 37.3 Å². The van der Waals surface area contributed by atoms with Gasteiger partial charge in [0.1, 0.15) is 12.4 Å². The van der Waals surface area contributed by atoms with Crippen LogP contribution in [0.4, 0.5) is 10.1 Å². The van der Waals surface area contributed by atoms with Crippen LogP contribution in [0.1, 0.15) is 21.7 Å². The van der Waals surface area contributed by atoms with E-state index in [9.17, 15) is 14.3 Å². The first kappa shape index (κ1) is 17.8. The molecule has 0 saturated heterocycles. The molecule has 0 bridgehead atoms. The molecule has 2 heterocycles. The van der Waals surface area contributed by atoms with Crippen molar-refractivity contribution >= 4 is 23.2 Å². The summed E-state index contributed by atoms with van der Waals surface area (Å²) in [5.41, 5.74) is 2.80. The van der Waals surface area contributed by atoms with Gasteiger partial charge in [-0.05, 0) is 49.4 Å². The van der Waals surface area contributed by atoms with Gasteiger partial charge in [-0.3, -0.25) is 14.8 Å². The van der Waals surface area contributed by atoms with Crippen molar-refractivity contribution < 1.29 is 14.3 Å². The molecule has 7 heteroatoms. The second-order valence-corrected chi connectivity index (χ2v) is 6.03. The molecule has 3 aromatic rings. The summed E-state index contributed by atoms with van der Waals surface area (Å²) in [5, 5.41) is 12.6. The van der Waals surface area contributed by atoms with E-state index in [1.807, 2.05) is 0 Å². The molecular weight excluding hydrogens is 357 g/mol. The Morgan fingerprint density at radius 3 is 2.69 bits per heavy atom. The van der Waals surface area contributed by atoms with Crippen molar-refractivity contribution in [2.24, 2.45) is 0 Å². The highest BCUT2D eigenvalue weighted by atomic mass is 35.5. The van der Waals surface area contributed by atoms with Gasteiger partial charge in [0.25, 0.3) is 5.91 Å². The summed E-state index contributed by atoms with van der Waals surface area (Å²) in [6.07, 6.45) is 1.32. The minimum Gasteiger partial charge on any atom is -0.506 e. The SMILES string of the molecule is Cc1nc(CF)ccc1C(=O)Nc1ccc(Cl)c(-c2ccc(O)cn2)c1. The molecule has 2 N–H and O–H groups in total. The molecule has 2 aromatic heterocycles. The Balaban J connectivity index is 1.87. The highest BCUT2D eigenvalue weighted by Gasteiger charge is 2.13. The van der Waals surface area contributed by atoms with Crippen LogP contribution in [0.5, 0.6) is 5.75 Å². The molecule has 0 fully saturated rings. The summed E-state index contributed by atoms with van der Waals surface area (Å²) >= 11 is 6.22. The number of anilines is 1. The summed E-state index contributed by atoms with van der Waals surface area (Å²) in [6, 6.07) is 11.2. The molecule has 0 aliphatic carbocycles. The van der Waals surface area contributed by atoms with Gasteiger partial charge in [-0.1, -0.05) is 11.6 Å². The molecule has 0 aliphatic heterocycles. The first-order valence-corrected chi connectivity index (χ1v) is 8.14. The van der Waals surface area contributed by atoms with E-state index in [-0.39, 0.29) is 17.4 Å². The van der Waals surface area contributed by atoms with Crippen LogP contribution in [0.2, 0.25) is 5.02 Å². The van der Waals surface area contributed by atoms with Gasteiger partial charge in [0, 0.05) is 11.3 Å². The van der Waals surface area contributed by atoms with Gasteiger partial charge in [-0.2, -0.15) is 0 Å². The molecule has 0 unspecified atom stereocenters. The number of hydrogen-bond acceptors (Lipinski definition) is 4. The number of hydrogen-bond donors (Lipinski definition) is 2. The largest absolute Gasteiger partial charge is 0.506 e. The zero-order valence-electron chi connectivity index (χ0n) is 13.8. The Morgan fingerprint density at radius 1 is 1.23 bits per heavy atom. The fraction of sp³-hybridized carbons (Fsp3) is 0.105. The zero-order valence-corrected chi connectivity index (χ0v) is 14.6. The lowest BCUT2D eigenvalue weighted by molar-refractivity contribution is 0.102. The van der Waals surface area contributed by atoms with Crippen molar-refractivity contribution in [2.75, 3.05) is 5.32 Å². The van der Waals surface area contributed by atoms with E-state index in [4.69, 9.17) is 11.6 Å². The molecule has 0 atom stereocenters. The number of halogens is 2. The van der Waals surface area contributed by atoms with Crippen molar-refractivity contribution in [3.8, 4) is 17.0 Å². The number of benzene rings is 1. The number of aromatic hydroxyl groups is 1. The number of alkyl halides is 1. The van der Waals surface area contributed by atoms with E-state index >= 15 is 0 Å². The van der Waals surface area contributed by atoms with Crippen LogP contribution in [0.25, 0.3) is 11.3 Å². The number of aryl methyl sites for hydroxylation is 1. The topological polar surface area (TPSA) is 75.1 Å². The monoisotopic (exact) mass is 371 g/mol. The van der Waals surface area contributed by atoms with E-state index in [2.05, 4.69) is 15.3 Å². The number of carbonyl (C=O) groups excluding carboxylic acids is 1. The third kappa shape index (κ3) is 3.81. The predicted octanol–water partition coefficient (Wildman–Crippen LogP) is 4.53. The minimum atomic E-state index is -0.678.